The molecule has 118 valence electrons. The van der Waals surface area contributed by atoms with Crippen molar-refractivity contribution in [2.24, 2.45) is 0 Å². The molecule has 4 N–H and O–H groups in total. The normalized spacial score (nSPS) is 13.4. The highest BCUT2D eigenvalue weighted by atomic mass is 79.9. The first-order chi connectivity index (χ1) is 10.6. The van der Waals surface area contributed by atoms with Gasteiger partial charge in [0.1, 0.15) is 18.8 Å². The Morgan fingerprint density at radius 3 is 2.68 bits per heavy atom. The molecule has 1 aromatic heterocycles. The summed E-state index contributed by atoms with van der Waals surface area (Å²) in [5, 5.41) is 22.2. The topological polar surface area (TPSA) is 94.6 Å². The van der Waals surface area contributed by atoms with E-state index in [0.29, 0.717) is 5.69 Å². The van der Waals surface area contributed by atoms with Crippen molar-refractivity contribution in [1.82, 2.24) is 10.3 Å². The first kappa shape index (κ1) is 16.5. The van der Waals surface area contributed by atoms with Gasteiger partial charge >= 0.3 is 6.09 Å². The van der Waals surface area contributed by atoms with Crippen LogP contribution in [0.25, 0.3) is 0 Å². The zero-order valence-electron chi connectivity index (χ0n) is 11.7. The number of H-pyrrole nitrogens is 1. The lowest BCUT2D eigenvalue weighted by molar-refractivity contribution is 0.0162. The molecule has 0 radical (unpaired) electrons. The van der Waals surface area contributed by atoms with Gasteiger partial charge in [-0.1, -0.05) is 30.3 Å². The predicted molar refractivity (Wildman–Crippen MR) is 84.1 cm³/mol. The molecule has 2 atom stereocenters. The second kappa shape index (κ2) is 7.98. The molecule has 1 amide bonds. The van der Waals surface area contributed by atoms with Crippen molar-refractivity contribution in [3.8, 4) is 0 Å². The summed E-state index contributed by atoms with van der Waals surface area (Å²) in [7, 11) is 0. The Morgan fingerprint density at radius 1 is 1.32 bits per heavy atom. The van der Waals surface area contributed by atoms with Crippen LogP contribution < -0.4 is 5.32 Å². The van der Waals surface area contributed by atoms with E-state index >= 15 is 0 Å². The molecule has 0 aliphatic rings. The van der Waals surface area contributed by atoms with Crippen LogP contribution in [0.15, 0.2) is 47.1 Å². The second-order valence-electron chi connectivity index (χ2n) is 4.73. The van der Waals surface area contributed by atoms with Crippen molar-refractivity contribution in [2.75, 3.05) is 6.54 Å². The Balaban J connectivity index is 1.73. The third-order valence-corrected chi connectivity index (χ3v) is 3.48. The van der Waals surface area contributed by atoms with Crippen molar-refractivity contribution in [3.05, 3.63) is 58.3 Å². The van der Waals surface area contributed by atoms with Gasteiger partial charge in [-0.3, -0.25) is 0 Å². The number of carbonyl (C=O) groups excluding carboxylic acids is 1. The number of aliphatic hydroxyl groups is 2. The van der Waals surface area contributed by atoms with Gasteiger partial charge in [-0.15, -0.1) is 0 Å². The van der Waals surface area contributed by atoms with Crippen molar-refractivity contribution >= 4 is 22.0 Å². The van der Waals surface area contributed by atoms with E-state index in [0.717, 1.165) is 10.0 Å². The highest BCUT2D eigenvalue weighted by molar-refractivity contribution is 9.10. The first-order valence-corrected chi connectivity index (χ1v) is 7.50. The van der Waals surface area contributed by atoms with Crippen LogP contribution in [-0.4, -0.2) is 33.9 Å². The fourth-order valence-corrected chi connectivity index (χ4v) is 2.20. The van der Waals surface area contributed by atoms with Gasteiger partial charge in [0, 0.05) is 22.9 Å². The van der Waals surface area contributed by atoms with Crippen LogP contribution in [-0.2, 0) is 11.3 Å². The zero-order valence-corrected chi connectivity index (χ0v) is 13.3. The fourth-order valence-electron chi connectivity index (χ4n) is 1.84. The Morgan fingerprint density at radius 2 is 2.05 bits per heavy atom. The maximum atomic E-state index is 11.5. The van der Waals surface area contributed by atoms with E-state index in [1.54, 1.807) is 12.3 Å². The average Bonchev–Trinajstić information content (AvgIpc) is 2.97. The van der Waals surface area contributed by atoms with Crippen LogP contribution >= 0.6 is 15.9 Å². The summed E-state index contributed by atoms with van der Waals surface area (Å²) < 4.78 is 5.78. The van der Waals surface area contributed by atoms with E-state index in [1.165, 1.54) is 0 Å². The minimum atomic E-state index is -1.14. The van der Waals surface area contributed by atoms with Gasteiger partial charge in [-0.2, -0.15) is 0 Å². The molecule has 0 spiro atoms. The Hall–Kier alpha value is -1.83. The molecule has 1 aromatic carbocycles. The number of nitrogens with one attached hydrogen (secondary N) is 2. The number of halogens is 1. The van der Waals surface area contributed by atoms with Crippen LogP contribution in [0.1, 0.15) is 17.4 Å². The lowest BCUT2D eigenvalue weighted by Gasteiger charge is -2.17. The summed E-state index contributed by atoms with van der Waals surface area (Å²) in [6.45, 7) is 0.0281. The molecule has 6 nitrogen and oxygen atoms in total. The number of ether oxygens (including phenoxy) is 1. The molecule has 0 aliphatic heterocycles. The van der Waals surface area contributed by atoms with E-state index < -0.39 is 18.3 Å². The maximum Gasteiger partial charge on any atom is 0.407 e. The van der Waals surface area contributed by atoms with Crippen molar-refractivity contribution in [1.29, 1.82) is 0 Å². The molecule has 0 saturated heterocycles. The largest absolute Gasteiger partial charge is 0.445 e. The second-order valence-corrected chi connectivity index (χ2v) is 5.64. The number of rotatable bonds is 6. The number of carbonyl (C=O) groups is 1. The highest BCUT2D eigenvalue weighted by Crippen LogP contribution is 2.19. The van der Waals surface area contributed by atoms with E-state index in [2.05, 4.69) is 26.2 Å². The summed E-state index contributed by atoms with van der Waals surface area (Å²) in [6, 6.07) is 10.9. The molecule has 0 aliphatic carbocycles. The van der Waals surface area contributed by atoms with Gasteiger partial charge in [-0.05, 0) is 27.6 Å². The fraction of sp³-hybridized carbons (Fsp3) is 0.267. The minimum absolute atomic E-state index is 0.120. The predicted octanol–water partition coefficient (Wildman–Crippen LogP) is 2.10. The quantitative estimate of drug-likeness (QED) is 0.627. The maximum absolute atomic E-state index is 11.5. The Labute approximate surface area is 136 Å². The average molecular weight is 369 g/mol. The van der Waals surface area contributed by atoms with Crippen LogP contribution in [0.2, 0.25) is 0 Å². The molecular weight excluding hydrogens is 352 g/mol. The molecule has 0 fully saturated rings. The van der Waals surface area contributed by atoms with Crippen LogP contribution in [0.4, 0.5) is 4.79 Å². The third-order valence-electron chi connectivity index (χ3n) is 3.02. The minimum Gasteiger partial charge on any atom is -0.445 e. The number of aromatic amines is 1. The molecule has 1 heterocycles. The third kappa shape index (κ3) is 4.87. The molecular formula is C15H17BrN2O4. The van der Waals surface area contributed by atoms with Crippen LogP contribution in [0.5, 0.6) is 0 Å². The Kier molecular flexibility index (Phi) is 6.00. The number of aliphatic hydroxyl groups excluding tert-OH is 2. The van der Waals surface area contributed by atoms with E-state index in [9.17, 15) is 15.0 Å². The standard InChI is InChI=1S/C15H17BrN2O4/c16-11-6-12(17-7-11)14(20)13(19)8-18-15(21)22-9-10-4-2-1-3-5-10/h1-7,13-14,17,19-20H,8-9H2,(H,18,21). The number of benzene rings is 1. The van der Waals surface area contributed by atoms with Gasteiger partial charge < -0.3 is 25.3 Å². The SMILES string of the molecule is O=C(NCC(O)C(O)c1cc(Br)c[nH]1)OCc1ccccc1. The number of alkyl carbamates (subject to hydrolysis) is 1. The number of aromatic nitrogens is 1. The number of hydrogen-bond donors (Lipinski definition) is 4. The van der Waals surface area contributed by atoms with Crippen LogP contribution in [0.3, 0.4) is 0 Å². The summed E-state index contributed by atoms with van der Waals surface area (Å²) in [6.07, 6.45) is -1.27. The zero-order chi connectivity index (χ0) is 15.9. The van der Waals surface area contributed by atoms with E-state index in [1.807, 2.05) is 30.3 Å². The van der Waals surface area contributed by atoms with E-state index in [4.69, 9.17) is 4.74 Å². The highest BCUT2D eigenvalue weighted by Gasteiger charge is 2.20. The Bertz CT molecular complexity index is 603. The number of amides is 1. The first-order valence-electron chi connectivity index (χ1n) is 6.71. The summed E-state index contributed by atoms with van der Waals surface area (Å²) >= 11 is 3.24. The van der Waals surface area contributed by atoms with Crippen molar-refractivity contribution < 1.29 is 19.7 Å². The van der Waals surface area contributed by atoms with Gasteiger partial charge in [-0.25, -0.2) is 4.79 Å². The van der Waals surface area contributed by atoms with Gasteiger partial charge in [0.2, 0.25) is 0 Å². The molecule has 0 bridgehead atoms. The van der Waals surface area contributed by atoms with Gasteiger partial charge in [0.15, 0.2) is 0 Å². The van der Waals surface area contributed by atoms with Crippen LogP contribution in [0, 0.1) is 0 Å². The monoisotopic (exact) mass is 368 g/mol. The molecule has 2 aromatic rings. The lowest BCUT2D eigenvalue weighted by Crippen LogP contribution is -2.35. The molecule has 2 rings (SSSR count). The van der Waals surface area contributed by atoms with Gasteiger partial charge in [0.05, 0.1) is 0 Å². The van der Waals surface area contributed by atoms with Gasteiger partial charge in [0.25, 0.3) is 0 Å². The molecule has 22 heavy (non-hydrogen) atoms. The molecule has 2 unspecified atom stereocenters. The summed E-state index contributed by atoms with van der Waals surface area (Å²) in [5.41, 5.74) is 1.33. The summed E-state index contributed by atoms with van der Waals surface area (Å²) in [4.78, 5) is 14.4. The lowest BCUT2D eigenvalue weighted by atomic mass is 10.1. The van der Waals surface area contributed by atoms with E-state index in [-0.39, 0.29) is 13.2 Å². The molecule has 7 heteroatoms. The summed E-state index contributed by atoms with van der Waals surface area (Å²) in [5.74, 6) is 0. The van der Waals surface area contributed by atoms with Crippen molar-refractivity contribution in [2.45, 2.75) is 18.8 Å². The smallest absolute Gasteiger partial charge is 0.407 e. The molecule has 0 saturated carbocycles. The number of hydrogen-bond acceptors (Lipinski definition) is 4. The van der Waals surface area contributed by atoms with Crippen molar-refractivity contribution in [3.63, 3.8) is 0 Å².